The van der Waals surface area contributed by atoms with Crippen molar-refractivity contribution in [2.24, 2.45) is 0 Å². The number of rotatable bonds is 6. The summed E-state index contributed by atoms with van der Waals surface area (Å²) < 4.78 is 24.3. The number of nitrogens with zero attached hydrogens (tertiary/aromatic N) is 1. The van der Waals surface area contributed by atoms with Crippen molar-refractivity contribution in [3.63, 3.8) is 0 Å². The molecule has 4 rings (SSSR count). The van der Waals surface area contributed by atoms with Crippen LogP contribution in [-0.2, 0) is 9.47 Å². The van der Waals surface area contributed by atoms with E-state index >= 15 is 0 Å². The molecule has 1 unspecified atom stereocenters. The van der Waals surface area contributed by atoms with Crippen LogP contribution in [0.15, 0.2) is 42.5 Å². The number of hydrogen-bond acceptors (Lipinski definition) is 6. The summed E-state index contributed by atoms with van der Waals surface area (Å²) in [6, 6.07) is 14.0. The lowest BCUT2D eigenvalue weighted by atomic mass is 10.2. The van der Waals surface area contributed by atoms with Crippen molar-refractivity contribution in [1.82, 2.24) is 4.98 Å². The average Bonchev–Trinajstić information content (AvgIpc) is 3.24. The molecule has 0 aliphatic carbocycles. The Morgan fingerprint density at radius 2 is 2.04 bits per heavy atom. The average molecular weight is 385 g/mol. The van der Waals surface area contributed by atoms with E-state index < -0.39 is 5.79 Å². The van der Waals surface area contributed by atoms with E-state index in [9.17, 15) is 0 Å². The Morgan fingerprint density at radius 1 is 1.19 bits per heavy atom. The Kier molecular flexibility index (Phi) is 5.04. The zero-order valence-corrected chi connectivity index (χ0v) is 16.5. The summed E-state index contributed by atoms with van der Waals surface area (Å²) in [5, 5.41) is 0.923. The molecule has 0 N–H and O–H groups in total. The van der Waals surface area contributed by atoms with Gasteiger partial charge in [-0.2, -0.15) is 0 Å². The molecule has 3 aromatic rings. The van der Waals surface area contributed by atoms with Gasteiger partial charge in [-0.15, -0.1) is 11.3 Å². The van der Waals surface area contributed by atoms with Crippen molar-refractivity contribution in [2.45, 2.75) is 32.2 Å². The highest BCUT2D eigenvalue weighted by molar-refractivity contribution is 7.21. The van der Waals surface area contributed by atoms with Gasteiger partial charge in [-0.3, -0.25) is 0 Å². The maximum absolute atomic E-state index is 6.15. The zero-order chi connectivity index (χ0) is 18.9. The molecule has 1 atom stereocenters. The molecule has 1 fully saturated rings. The number of fused-ring (bicyclic) bond motifs is 1. The molecule has 6 heteroatoms. The third kappa shape index (κ3) is 3.93. The van der Waals surface area contributed by atoms with Gasteiger partial charge in [0.2, 0.25) is 0 Å². The Hall–Kier alpha value is -2.15. The minimum absolute atomic E-state index is 0.0422. The first-order valence-electron chi connectivity index (χ1n) is 9.03. The van der Waals surface area contributed by atoms with Crippen molar-refractivity contribution >= 4 is 21.6 Å². The van der Waals surface area contributed by atoms with E-state index in [4.69, 9.17) is 23.9 Å². The van der Waals surface area contributed by atoms with E-state index in [1.54, 1.807) is 18.4 Å². The van der Waals surface area contributed by atoms with E-state index in [2.05, 4.69) is 6.07 Å². The van der Waals surface area contributed by atoms with Crippen molar-refractivity contribution < 1.29 is 18.9 Å². The molecule has 0 bridgehead atoms. The maximum atomic E-state index is 6.15. The second-order valence-electron chi connectivity index (χ2n) is 6.91. The first-order valence-corrected chi connectivity index (χ1v) is 9.85. The number of thiazole rings is 1. The van der Waals surface area contributed by atoms with Crippen LogP contribution in [0, 0.1) is 0 Å². The van der Waals surface area contributed by atoms with E-state index in [-0.39, 0.29) is 6.10 Å². The van der Waals surface area contributed by atoms with Crippen LogP contribution >= 0.6 is 11.3 Å². The highest BCUT2D eigenvalue weighted by Gasteiger charge is 2.32. The van der Waals surface area contributed by atoms with Crippen LogP contribution in [0.5, 0.6) is 11.5 Å². The van der Waals surface area contributed by atoms with Gasteiger partial charge in [-0.05, 0) is 38.1 Å². The summed E-state index contributed by atoms with van der Waals surface area (Å²) in [5.41, 5.74) is 1.93. The first-order chi connectivity index (χ1) is 13.1. The van der Waals surface area contributed by atoms with Crippen LogP contribution in [0.1, 0.15) is 20.3 Å². The first kappa shape index (κ1) is 18.2. The summed E-state index contributed by atoms with van der Waals surface area (Å²) in [7, 11) is 1.65. The number of para-hydroxylation sites is 2. The molecule has 2 aromatic carbocycles. The van der Waals surface area contributed by atoms with Gasteiger partial charge >= 0.3 is 0 Å². The molecule has 1 saturated heterocycles. The summed E-state index contributed by atoms with van der Waals surface area (Å²) in [5.74, 6) is 0.911. The summed E-state index contributed by atoms with van der Waals surface area (Å²) in [6.45, 7) is 4.97. The molecule has 2 heterocycles. The van der Waals surface area contributed by atoms with Crippen molar-refractivity contribution in [3.05, 3.63) is 42.5 Å². The highest BCUT2D eigenvalue weighted by Crippen LogP contribution is 2.41. The van der Waals surface area contributed by atoms with E-state index in [0.29, 0.717) is 19.0 Å². The second kappa shape index (κ2) is 7.46. The molecular formula is C21H23NO4S. The van der Waals surface area contributed by atoms with Gasteiger partial charge in [-0.1, -0.05) is 18.2 Å². The predicted octanol–water partition coefficient (Wildman–Crippen LogP) is 4.89. The molecule has 27 heavy (non-hydrogen) atoms. The minimum atomic E-state index is -0.513. The van der Waals surface area contributed by atoms with Crippen LogP contribution in [0.2, 0.25) is 0 Å². The van der Waals surface area contributed by atoms with Crippen LogP contribution in [-0.4, -0.2) is 37.2 Å². The van der Waals surface area contributed by atoms with E-state index in [1.807, 2.05) is 50.2 Å². The Bertz CT molecular complexity index is 904. The second-order valence-corrected chi connectivity index (χ2v) is 7.94. The lowest BCUT2D eigenvalue weighted by Gasteiger charge is -2.18. The lowest BCUT2D eigenvalue weighted by molar-refractivity contribution is -0.139. The SMILES string of the molecule is COc1cccc(-c2nc3ccccc3s2)c1OCCC1COC(C)(C)O1. The molecule has 1 aliphatic heterocycles. The van der Waals surface area contributed by atoms with Gasteiger partial charge in [-0.25, -0.2) is 4.98 Å². The largest absolute Gasteiger partial charge is 0.493 e. The Balaban J connectivity index is 1.56. The molecule has 0 amide bonds. The van der Waals surface area contributed by atoms with Crippen LogP contribution < -0.4 is 9.47 Å². The van der Waals surface area contributed by atoms with Gasteiger partial charge in [0, 0.05) is 6.42 Å². The predicted molar refractivity (Wildman–Crippen MR) is 107 cm³/mol. The number of benzene rings is 2. The molecule has 142 valence electrons. The molecule has 1 aromatic heterocycles. The Labute approximate surface area is 162 Å². The summed E-state index contributed by atoms with van der Waals surface area (Å²) >= 11 is 1.65. The number of ether oxygens (including phenoxy) is 4. The quantitative estimate of drug-likeness (QED) is 0.604. The molecule has 1 aliphatic rings. The molecule has 0 radical (unpaired) electrons. The number of hydrogen-bond donors (Lipinski definition) is 0. The van der Waals surface area contributed by atoms with Crippen LogP contribution in [0.4, 0.5) is 0 Å². The topological polar surface area (TPSA) is 49.8 Å². The maximum Gasteiger partial charge on any atom is 0.171 e. The smallest absolute Gasteiger partial charge is 0.171 e. The third-order valence-corrected chi connectivity index (χ3v) is 5.55. The lowest BCUT2D eigenvalue weighted by Crippen LogP contribution is -2.22. The van der Waals surface area contributed by atoms with Gasteiger partial charge in [0.25, 0.3) is 0 Å². The monoisotopic (exact) mass is 385 g/mol. The molecule has 5 nitrogen and oxygen atoms in total. The third-order valence-electron chi connectivity index (χ3n) is 4.48. The summed E-state index contributed by atoms with van der Waals surface area (Å²) in [6.07, 6.45) is 0.793. The van der Waals surface area contributed by atoms with Crippen molar-refractivity contribution in [3.8, 4) is 22.1 Å². The minimum Gasteiger partial charge on any atom is -0.493 e. The highest BCUT2D eigenvalue weighted by atomic mass is 32.1. The number of aromatic nitrogens is 1. The van der Waals surface area contributed by atoms with Gasteiger partial charge < -0.3 is 18.9 Å². The normalized spacial score (nSPS) is 18.7. The molecule has 0 saturated carbocycles. The fourth-order valence-corrected chi connectivity index (χ4v) is 4.17. The fourth-order valence-electron chi connectivity index (χ4n) is 3.18. The van der Waals surface area contributed by atoms with Crippen LogP contribution in [0.25, 0.3) is 20.8 Å². The summed E-state index contributed by atoms with van der Waals surface area (Å²) in [4.78, 5) is 4.76. The van der Waals surface area contributed by atoms with E-state index in [1.165, 1.54) is 0 Å². The van der Waals surface area contributed by atoms with Crippen molar-refractivity contribution in [2.75, 3.05) is 20.3 Å². The van der Waals surface area contributed by atoms with Gasteiger partial charge in [0.05, 0.1) is 42.2 Å². The molecule has 0 spiro atoms. The van der Waals surface area contributed by atoms with Crippen LogP contribution in [0.3, 0.4) is 0 Å². The van der Waals surface area contributed by atoms with E-state index in [0.717, 1.165) is 33.0 Å². The van der Waals surface area contributed by atoms with Gasteiger partial charge in [0.1, 0.15) is 5.01 Å². The fraction of sp³-hybridized carbons (Fsp3) is 0.381. The number of methoxy groups -OCH3 is 1. The standard InChI is InChI=1S/C21H23NO4S/c1-21(2)25-13-14(26-21)11-12-24-19-15(7-6-9-17(19)23-3)20-22-16-8-4-5-10-18(16)27-20/h4-10,14H,11-13H2,1-3H3. The van der Waals surface area contributed by atoms with Crippen molar-refractivity contribution in [1.29, 1.82) is 0 Å². The Morgan fingerprint density at radius 3 is 2.78 bits per heavy atom. The van der Waals surface area contributed by atoms with Gasteiger partial charge in [0.15, 0.2) is 17.3 Å². The molecular weight excluding hydrogens is 362 g/mol. The zero-order valence-electron chi connectivity index (χ0n) is 15.7.